The van der Waals surface area contributed by atoms with E-state index in [0.29, 0.717) is 12.8 Å². The lowest BCUT2D eigenvalue weighted by molar-refractivity contribution is 0.0531. The molecule has 20 heavy (non-hydrogen) atoms. The fourth-order valence-corrected chi connectivity index (χ4v) is 3.61. The average molecular weight is 302 g/mol. The molecule has 1 aromatic rings. The van der Waals surface area contributed by atoms with E-state index >= 15 is 0 Å². The zero-order valence-corrected chi connectivity index (χ0v) is 12.0. The molecule has 1 aromatic heterocycles. The Kier molecular flexibility index (Phi) is 3.90. The molecule has 112 valence electrons. The number of carboxylic acids is 1. The van der Waals surface area contributed by atoms with Crippen LogP contribution >= 0.6 is 0 Å². The topological polar surface area (TPSA) is 109 Å². The van der Waals surface area contributed by atoms with E-state index in [4.69, 9.17) is 5.11 Å². The third-order valence-electron chi connectivity index (χ3n) is 3.63. The molecule has 0 aliphatic heterocycles. The third-order valence-corrected chi connectivity index (χ3v) is 5.00. The Labute approximate surface area is 117 Å². The van der Waals surface area contributed by atoms with Gasteiger partial charge in [0.25, 0.3) is 0 Å². The number of carboxylic acid groups (broad SMARTS) is 1. The van der Waals surface area contributed by atoms with Gasteiger partial charge in [-0.2, -0.15) is 0 Å². The number of aryl methyl sites for hydroxylation is 1. The Balaban J connectivity index is 2.14. The first-order chi connectivity index (χ1) is 9.23. The molecule has 0 aromatic carbocycles. The molecule has 1 aliphatic carbocycles. The van der Waals surface area contributed by atoms with E-state index in [-0.39, 0.29) is 17.1 Å². The van der Waals surface area contributed by atoms with Crippen LogP contribution in [0.4, 0.5) is 0 Å². The molecule has 1 fully saturated rings. The Morgan fingerprint density at radius 1 is 1.45 bits per heavy atom. The quantitative estimate of drug-likeness (QED) is 0.725. The van der Waals surface area contributed by atoms with Crippen molar-refractivity contribution in [2.45, 2.75) is 36.2 Å². The standard InChI is InChI=1S/C12H18N2O5S/c1-14-7-9(6-10(14)11(15)16)20(18,19)13-8-12(17)4-2-3-5-12/h6-7,13,17H,2-5,8H2,1H3,(H,15,16). The second-order valence-electron chi connectivity index (χ2n) is 5.23. The Morgan fingerprint density at radius 2 is 2.05 bits per heavy atom. The SMILES string of the molecule is Cn1cc(S(=O)(=O)NCC2(O)CCCC2)cc1C(=O)O. The fraction of sp³-hybridized carbons (Fsp3) is 0.583. The predicted octanol–water partition coefficient (Wildman–Crippen LogP) is 0.307. The largest absolute Gasteiger partial charge is 0.477 e. The minimum atomic E-state index is -3.82. The van der Waals surface area contributed by atoms with Crippen LogP contribution in [0.15, 0.2) is 17.2 Å². The zero-order chi connectivity index (χ0) is 15.0. The number of rotatable bonds is 5. The summed E-state index contributed by atoms with van der Waals surface area (Å²) in [6.45, 7) is -0.0490. The molecule has 0 unspecified atom stereocenters. The molecule has 0 atom stereocenters. The third kappa shape index (κ3) is 3.02. The van der Waals surface area contributed by atoms with Crippen LogP contribution in [-0.2, 0) is 17.1 Å². The smallest absolute Gasteiger partial charge is 0.352 e. The molecule has 7 nitrogen and oxygen atoms in total. The van der Waals surface area contributed by atoms with Crippen LogP contribution in [-0.4, -0.2) is 41.3 Å². The Bertz CT molecular complexity index is 614. The molecule has 0 saturated heterocycles. The van der Waals surface area contributed by atoms with E-state index < -0.39 is 21.6 Å². The van der Waals surface area contributed by atoms with Crippen LogP contribution in [0, 0.1) is 0 Å². The van der Waals surface area contributed by atoms with Gasteiger partial charge in [-0.3, -0.25) is 0 Å². The van der Waals surface area contributed by atoms with E-state index in [9.17, 15) is 18.3 Å². The highest BCUT2D eigenvalue weighted by atomic mass is 32.2. The predicted molar refractivity (Wildman–Crippen MR) is 71.0 cm³/mol. The van der Waals surface area contributed by atoms with Crippen molar-refractivity contribution in [3.8, 4) is 0 Å². The second-order valence-corrected chi connectivity index (χ2v) is 7.00. The van der Waals surface area contributed by atoms with Crippen molar-refractivity contribution in [2.24, 2.45) is 7.05 Å². The molecule has 0 spiro atoms. The second kappa shape index (κ2) is 5.19. The summed E-state index contributed by atoms with van der Waals surface area (Å²) in [5.74, 6) is -1.19. The molecule has 3 N–H and O–H groups in total. The number of nitrogens with zero attached hydrogens (tertiary/aromatic N) is 1. The van der Waals surface area contributed by atoms with Crippen LogP contribution in [0.2, 0.25) is 0 Å². The first-order valence-electron chi connectivity index (χ1n) is 6.35. The number of sulfonamides is 1. The Morgan fingerprint density at radius 3 is 2.55 bits per heavy atom. The molecular weight excluding hydrogens is 284 g/mol. The highest BCUT2D eigenvalue weighted by Gasteiger charge is 2.33. The monoisotopic (exact) mass is 302 g/mol. The first-order valence-corrected chi connectivity index (χ1v) is 7.84. The number of hydrogen-bond acceptors (Lipinski definition) is 4. The molecule has 0 radical (unpaired) electrons. The number of carbonyl (C=O) groups is 1. The molecule has 1 saturated carbocycles. The van der Waals surface area contributed by atoms with Crippen molar-refractivity contribution in [1.29, 1.82) is 0 Å². The van der Waals surface area contributed by atoms with Gasteiger partial charge in [0, 0.05) is 19.8 Å². The lowest BCUT2D eigenvalue weighted by Gasteiger charge is -2.22. The lowest BCUT2D eigenvalue weighted by Crippen LogP contribution is -2.40. The van der Waals surface area contributed by atoms with Crippen LogP contribution in [0.25, 0.3) is 0 Å². The summed E-state index contributed by atoms with van der Waals surface area (Å²) in [5.41, 5.74) is -1.10. The van der Waals surface area contributed by atoms with Gasteiger partial charge in [0.1, 0.15) is 10.6 Å². The molecule has 8 heteroatoms. The maximum Gasteiger partial charge on any atom is 0.352 e. The Hall–Kier alpha value is -1.38. The van der Waals surface area contributed by atoms with Gasteiger partial charge in [-0.15, -0.1) is 0 Å². The van der Waals surface area contributed by atoms with Gasteiger partial charge in [0.2, 0.25) is 10.0 Å². The summed E-state index contributed by atoms with van der Waals surface area (Å²) in [4.78, 5) is 10.8. The van der Waals surface area contributed by atoms with Crippen molar-refractivity contribution >= 4 is 16.0 Å². The maximum absolute atomic E-state index is 12.1. The molecular formula is C12H18N2O5S. The highest BCUT2D eigenvalue weighted by Crippen LogP contribution is 2.29. The van der Waals surface area contributed by atoms with Gasteiger partial charge in [0.15, 0.2) is 0 Å². The van der Waals surface area contributed by atoms with Crippen LogP contribution in [0.3, 0.4) is 0 Å². The van der Waals surface area contributed by atoms with E-state index in [2.05, 4.69) is 4.72 Å². The molecule has 0 amide bonds. The summed E-state index contributed by atoms with van der Waals surface area (Å²) < 4.78 is 27.8. The lowest BCUT2D eigenvalue weighted by atomic mass is 10.0. The minimum absolute atomic E-state index is 0.0490. The summed E-state index contributed by atoms with van der Waals surface area (Å²) in [6.07, 6.45) is 4.15. The molecule has 1 aliphatic rings. The fourth-order valence-electron chi connectivity index (χ4n) is 2.42. The molecule has 2 rings (SSSR count). The number of aliphatic hydroxyl groups is 1. The molecule has 0 bridgehead atoms. The summed E-state index contributed by atoms with van der Waals surface area (Å²) in [6, 6.07) is 1.10. The van der Waals surface area contributed by atoms with Crippen molar-refractivity contribution in [1.82, 2.24) is 9.29 Å². The van der Waals surface area contributed by atoms with Crippen molar-refractivity contribution in [3.05, 3.63) is 18.0 Å². The first kappa shape index (κ1) is 15.0. The van der Waals surface area contributed by atoms with Gasteiger partial charge in [-0.1, -0.05) is 12.8 Å². The van der Waals surface area contributed by atoms with Crippen LogP contribution in [0.1, 0.15) is 36.2 Å². The van der Waals surface area contributed by atoms with E-state index in [1.54, 1.807) is 0 Å². The van der Waals surface area contributed by atoms with Gasteiger partial charge < -0.3 is 14.8 Å². The number of nitrogens with one attached hydrogen (secondary N) is 1. The van der Waals surface area contributed by atoms with E-state index in [1.165, 1.54) is 17.8 Å². The van der Waals surface area contributed by atoms with E-state index in [0.717, 1.165) is 18.9 Å². The number of aromatic carboxylic acids is 1. The minimum Gasteiger partial charge on any atom is -0.477 e. The van der Waals surface area contributed by atoms with Gasteiger partial charge in [-0.05, 0) is 18.9 Å². The van der Waals surface area contributed by atoms with Gasteiger partial charge in [0.05, 0.1) is 5.60 Å². The highest BCUT2D eigenvalue weighted by molar-refractivity contribution is 7.89. The van der Waals surface area contributed by atoms with Crippen molar-refractivity contribution < 1.29 is 23.4 Å². The normalized spacial score (nSPS) is 18.3. The van der Waals surface area contributed by atoms with E-state index in [1.807, 2.05) is 0 Å². The van der Waals surface area contributed by atoms with Gasteiger partial charge in [-0.25, -0.2) is 17.9 Å². The maximum atomic E-state index is 12.1. The zero-order valence-electron chi connectivity index (χ0n) is 11.2. The number of hydrogen-bond donors (Lipinski definition) is 3. The average Bonchev–Trinajstić information content (AvgIpc) is 2.94. The summed E-state index contributed by atoms with van der Waals surface area (Å²) in [7, 11) is -2.35. The number of aromatic nitrogens is 1. The summed E-state index contributed by atoms with van der Waals surface area (Å²) in [5, 5.41) is 19.0. The van der Waals surface area contributed by atoms with Gasteiger partial charge >= 0.3 is 5.97 Å². The van der Waals surface area contributed by atoms with Crippen molar-refractivity contribution in [3.63, 3.8) is 0 Å². The molecule has 1 heterocycles. The van der Waals surface area contributed by atoms with Crippen LogP contribution in [0.5, 0.6) is 0 Å². The van der Waals surface area contributed by atoms with Crippen LogP contribution < -0.4 is 4.72 Å². The van der Waals surface area contributed by atoms with Crippen molar-refractivity contribution in [2.75, 3.05) is 6.54 Å². The summed E-state index contributed by atoms with van der Waals surface area (Å²) >= 11 is 0.